The van der Waals surface area contributed by atoms with E-state index in [1.165, 1.54) is 4.90 Å². The molecule has 1 aromatic heterocycles. The molecule has 4 aromatic rings. The molecule has 0 saturated carbocycles. The van der Waals surface area contributed by atoms with E-state index in [0.29, 0.717) is 17.9 Å². The second-order valence-electron chi connectivity index (χ2n) is 9.64. The first-order valence-corrected chi connectivity index (χ1v) is 12.3. The van der Waals surface area contributed by atoms with Gasteiger partial charge in [-0.05, 0) is 34.9 Å². The SMILES string of the molecule is CN1C(=O)[C@H]2Cc3c([nH]c4ccccc34)[C@@H](c3ccc4c(c3)OCO4)N2C(=O)[C@@H]1OCc1ccccc1. The van der Waals surface area contributed by atoms with Crippen LogP contribution in [0.15, 0.2) is 72.8 Å². The molecule has 37 heavy (non-hydrogen) atoms. The van der Waals surface area contributed by atoms with Crippen molar-refractivity contribution in [3.05, 3.63) is 95.2 Å². The molecular formula is C29H25N3O5. The lowest BCUT2D eigenvalue weighted by atomic mass is 9.86. The highest BCUT2D eigenvalue weighted by Gasteiger charge is 2.52. The lowest BCUT2D eigenvalue weighted by Gasteiger charge is -2.48. The monoisotopic (exact) mass is 495 g/mol. The fourth-order valence-corrected chi connectivity index (χ4v) is 5.76. The molecule has 2 amide bonds. The Morgan fingerprint density at radius 1 is 0.946 bits per heavy atom. The number of aromatic nitrogens is 1. The third-order valence-corrected chi connectivity index (χ3v) is 7.54. The quantitative estimate of drug-likeness (QED) is 0.466. The molecule has 0 unspecified atom stereocenters. The van der Waals surface area contributed by atoms with E-state index in [0.717, 1.165) is 33.3 Å². The van der Waals surface area contributed by atoms with E-state index in [1.807, 2.05) is 66.7 Å². The molecule has 1 saturated heterocycles. The number of carbonyl (C=O) groups is 2. The molecule has 1 N–H and O–H groups in total. The number of piperazine rings is 1. The Labute approximate surface area is 213 Å². The molecule has 1 fully saturated rings. The minimum atomic E-state index is -1.02. The minimum absolute atomic E-state index is 0.140. The number of para-hydroxylation sites is 1. The van der Waals surface area contributed by atoms with Crippen molar-refractivity contribution in [2.45, 2.75) is 31.3 Å². The Bertz CT molecular complexity index is 1530. The fraction of sp³-hybridized carbons (Fsp3) is 0.241. The second kappa shape index (κ2) is 8.38. The van der Waals surface area contributed by atoms with Crippen molar-refractivity contribution in [1.82, 2.24) is 14.8 Å². The summed E-state index contributed by atoms with van der Waals surface area (Å²) in [5, 5.41) is 1.06. The van der Waals surface area contributed by atoms with Crippen LogP contribution >= 0.6 is 0 Å². The predicted octanol–water partition coefficient (Wildman–Crippen LogP) is 3.75. The van der Waals surface area contributed by atoms with E-state index < -0.39 is 18.3 Å². The number of ether oxygens (including phenoxy) is 3. The summed E-state index contributed by atoms with van der Waals surface area (Å²) in [6, 6.07) is 22.2. The standard InChI is InChI=1S/C29H25N3O5/c1-31-27(33)22-14-20-19-9-5-6-10-21(19)30-25(20)26(18-11-12-23-24(13-18)37-16-36-23)32(22)28(34)29(31)35-15-17-7-3-2-4-8-17/h2-13,22,26,29-30H,14-16H2,1H3/t22-,26-,29+/m1/s1. The number of hydrogen-bond donors (Lipinski definition) is 1. The molecule has 7 rings (SSSR count). The van der Waals surface area contributed by atoms with Crippen LogP contribution in [0.4, 0.5) is 0 Å². The number of likely N-dealkylation sites (N-methyl/N-ethyl adjacent to an activating group) is 1. The predicted molar refractivity (Wildman–Crippen MR) is 135 cm³/mol. The molecule has 8 heteroatoms. The number of fused-ring (bicyclic) bond motifs is 5. The average molecular weight is 496 g/mol. The molecule has 0 radical (unpaired) electrons. The molecule has 0 spiro atoms. The molecule has 8 nitrogen and oxygen atoms in total. The fourth-order valence-electron chi connectivity index (χ4n) is 5.76. The zero-order valence-corrected chi connectivity index (χ0v) is 20.2. The molecule has 0 bridgehead atoms. The second-order valence-corrected chi connectivity index (χ2v) is 9.64. The molecule has 0 aliphatic carbocycles. The van der Waals surface area contributed by atoms with Gasteiger partial charge in [0, 0.05) is 30.1 Å². The minimum Gasteiger partial charge on any atom is -0.454 e. The van der Waals surface area contributed by atoms with Gasteiger partial charge in [-0.15, -0.1) is 0 Å². The molecule has 3 aliphatic heterocycles. The highest BCUT2D eigenvalue weighted by atomic mass is 16.7. The van der Waals surface area contributed by atoms with Gasteiger partial charge in [0.05, 0.1) is 12.6 Å². The molecule has 4 heterocycles. The maximum atomic E-state index is 14.1. The van der Waals surface area contributed by atoms with Gasteiger partial charge in [-0.3, -0.25) is 9.59 Å². The van der Waals surface area contributed by atoms with E-state index in [2.05, 4.69) is 11.1 Å². The van der Waals surface area contributed by atoms with Crippen molar-refractivity contribution in [2.24, 2.45) is 0 Å². The van der Waals surface area contributed by atoms with Gasteiger partial charge in [-0.25, -0.2) is 0 Å². The Morgan fingerprint density at radius 2 is 1.73 bits per heavy atom. The molecule has 3 atom stereocenters. The van der Waals surface area contributed by atoms with Crippen LogP contribution in [-0.4, -0.2) is 52.7 Å². The van der Waals surface area contributed by atoms with Gasteiger partial charge in [0.1, 0.15) is 6.04 Å². The lowest BCUT2D eigenvalue weighted by Crippen LogP contribution is -2.66. The Morgan fingerprint density at radius 3 is 2.59 bits per heavy atom. The van der Waals surface area contributed by atoms with Crippen molar-refractivity contribution in [3.63, 3.8) is 0 Å². The van der Waals surface area contributed by atoms with Crippen molar-refractivity contribution in [3.8, 4) is 11.5 Å². The first kappa shape index (κ1) is 21.9. The van der Waals surface area contributed by atoms with E-state index in [4.69, 9.17) is 14.2 Å². The van der Waals surface area contributed by atoms with E-state index in [1.54, 1.807) is 11.9 Å². The normalized spacial score (nSPS) is 22.4. The molecular weight excluding hydrogens is 470 g/mol. The van der Waals surface area contributed by atoms with Crippen molar-refractivity contribution >= 4 is 22.7 Å². The summed E-state index contributed by atoms with van der Waals surface area (Å²) in [6.45, 7) is 0.380. The van der Waals surface area contributed by atoms with E-state index in [-0.39, 0.29) is 25.2 Å². The lowest BCUT2D eigenvalue weighted by molar-refractivity contribution is -0.185. The first-order chi connectivity index (χ1) is 18.1. The Balaban J connectivity index is 1.34. The summed E-state index contributed by atoms with van der Waals surface area (Å²) >= 11 is 0. The number of H-pyrrole nitrogens is 1. The van der Waals surface area contributed by atoms with E-state index >= 15 is 0 Å². The zero-order chi connectivity index (χ0) is 25.1. The molecule has 186 valence electrons. The van der Waals surface area contributed by atoms with E-state index in [9.17, 15) is 9.59 Å². The summed E-state index contributed by atoms with van der Waals surface area (Å²) in [4.78, 5) is 34.6. The van der Waals surface area contributed by atoms with Gasteiger partial charge in [-0.2, -0.15) is 0 Å². The number of nitrogens with zero attached hydrogens (tertiary/aromatic N) is 2. The van der Waals surface area contributed by atoms with Crippen LogP contribution in [0.3, 0.4) is 0 Å². The van der Waals surface area contributed by atoms with Gasteiger partial charge in [0.2, 0.25) is 18.9 Å². The molecule has 3 aliphatic rings. The number of amides is 2. The van der Waals surface area contributed by atoms with Crippen LogP contribution in [0, 0.1) is 0 Å². The molecule has 3 aromatic carbocycles. The third kappa shape index (κ3) is 3.40. The topological polar surface area (TPSA) is 84.1 Å². The summed E-state index contributed by atoms with van der Waals surface area (Å²) in [7, 11) is 1.65. The van der Waals surface area contributed by atoms with Crippen molar-refractivity contribution in [1.29, 1.82) is 0 Å². The van der Waals surface area contributed by atoms with Crippen LogP contribution in [0.1, 0.15) is 28.4 Å². The number of nitrogens with one attached hydrogen (secondary N) is 1. The van der Waals surface area contributed by atoms with Gasteiger partial charge in [0.15, 0.2) is 11.5 Å². The van der Waals surface area contributed by atoms with Crippen LogP contribution in [0.25, 0.3) is 10.9 Å². The number of rotatable bonds is 4. The van der Waals surface area contributed by atoms with Gasteiger partial charge < -0.3 is 29.0 Å². The van der Waals surface area contributed by atoms with Crippen LogP contribution in [-0.2, 0) is 27.4 Å². The summed E-state index contributed by atoms with van der Waals surface area (Å²) in [6.07, 6.45) is -0.591. The maximum absolute atomic E-state index is 14.1. The van der Waals surface area contributed by atoms with Crippen molar-refractivity contribution in [2.75, 3.05) is 13.8 Å². The van der Waals surface area contributed by atoms with Crippen LogP contribution in [0.5, 0.6) is 11.5 Å². The summed E-state index contributed by atoms with van der Waals surface area (Å²) in [5.74, 6) is 0.911. The van der Waals surface area contributed by atoms with Gasteiger partial charge in [0.25, 0.3) is 5.91 Å². The van der Waals surface area contributed by atoms with Gasteiger partial charge >= 0.3 is 0 Å². The number of aromatic amines is 1. The largest absolute Gasteiger partial charge is 0.454 e. The zero-order valence-electron chi connectivity index (χ0n) is 20.2. The smallest absolute Gasteiger partial charge is 0.274 e. The van der Waals surface area contributed by atoms with Crippen molar-refractivity contribution < 1.29 is 23.8 Å². The highest BCUT2D eigenvalue weighted by Crippen LogP contribution is 2.45. The average Bonchev–Trinajstić information content (AvgIpc) is 3.55. The van der Waals surface area contributed by atoms with Gasteiger partial charge in [-0.1, -0.05) is 54.6 Å². The third-order valence-electron chi connectivity index (χ3n) is 7.54. The maximum Gasteiger partial charge on any atom is 0.274 e. The van der Waals surface area contributed by atoms with Crippen LogP contribution < -0.4 is 9.47 Å². The number of hydrogen-bond acceptors (Lipinski definition) is 5. The summed E-state index contributed by atoms with van der Waals surface area (Å²) in [5.41, 5.74) is 4.71. The first-order valence-electron chi connectivity index (χ1n) is 12.3. The Kier molecular flexibility index (Phi) is 4.97. The number of carbonyl (C=O) groups excluding carboxylic acids is 2. The summed E-state index contributed by atoms with van der Waals surface area (Å²) < 4.78 is 17.2. The number of benzene rings is 3. The highest BCUT2D eigenvalue weighted by molar-refractivity contribution is 5.98. The van der Waals surface area contributed by atoms with Crippen LogP contribution in [0.2, 0.25) is 0 Å². The Hall–Kier alpha value is -4.30.